The van der Waals surface area contributed by atoms with E-state index in [1.807, 2.05) is 6.07 Å². The molecule has 0 bridgehead atoms. The minimum Gasteiger partial charge on any atom is -0.381 e. The highest BCUT2D eigenvalue weighted by Gasteiger charge is 2.55. The molecule has 184 valence electrons. The molecule has 1 heterocycles. The summed E-state index contributed by atoms with van der Waals surface area (Å²) in [6, 6.07) is 7.72. The first-order valence-electron chi connectivity index (χ1n) is 12.2. The van der Waals surface area contributed by atoms with E-state index >= 15 is 4.39 Å². The molecule has 8 heteroatoms. The van der Waals surface area contributed by atoms with Crippen molar-refractivity contribution in [2.24, 2.45) is 17.1 Å². The highest BCUT2D eigenvalue weighted by Crippen LogP contribution is 2.58. The summed E-state index contributed by atoms with van der Waals surface area (Å²) in [5, 5.41) is 17.7. The largest absolute Gasteiger partial charge is 0.381 e. The molecule has 1 spiro atoms. The number of nitrogens with zero attached hydrogens (tertiary/aromatic N) is 2. The summed E-state index contributed by atoms with van der Waals surface area (Å²) >= 11 is 0. The van der Waals surface area contributed by atoms with E-state index in [1.165, 1.54) is 0 Å². The maximum atomic E-state index is 15.6. The second kappa shape index (κ2) is 9.63. The van der Waals surface area contributed by atoms with E-state index in [9.17, 15) is 10.1 Å². The van der Waals surface area contributed by atoms with Gasteiger partial charge >= 0.3 is 0 Å². The Morgan fingerprint density at radius 2 is 2.12 bits per heavy atom. The zero-order valence-electron chi connectivity index (χ0n) is 20.1. The molecule has 1 saturated carbocycles. The standard InChI is InChI=1S/C26H35FN4O3/c1-3-18-13-25(7-6-21(18)33-2)14-19-5-4-17(15-28)12-20(19)22(25)23(32)31(24(29)30)16-26(27)8-10-34-11-9-26/h4-5,12,18,21-22H,3,6-11,13-14,16H2,1-2H3,(H3,29,30)/t18-,21-,22+,25-/m1/s1. The SMILES string of the molecule is CC[C@@H]1C[C@]2(CC[C@H]1OC)Cc1ccc(C#N)cc1[C@H]2C(=O)N(CC1(F)CCOCC1)C(=N)N. The Kier molecular flexibility index (Phi) is 6.97. The Bertz CT molecular complexity index is 987. The lowest BCUT2D eigenvalue weighted by Crippen LogP contribution is -2.54. The molecule has 1 saturated heterocycles. The van der Waals surface area contributed by atoms with E-state index in [4.69, 9.17) is 20.6 Å². The average molecular weight is 471 g/mol. The minimum atomic E-state index is -1.64. The zero-order valence-corrected chi connectivity index (χ0v) is 20.1. The molecule has 0 radical (unpaired) electrons. The quantitative estimate of drug-likeness (QED) is 0.504. The number of rotatable bonds is 5. The Morgan fingerprint density at radius 1 is 1.38 bits per heavy atom. The first-order chi connectivity index (χ1) is 16.3. The predicted octanol–water partition coefficient (Wildman–Crippen LogP) is 3.65. The molecule has 34 heavy (non-hydrogen) atoms. The number of amides is 1. The number of hydrogen-bond donors (Lipinski definition) is 2. The number of alkyl halides is 1. The number of nitriles is 1. The van der Waals surface area contributed by atoms with Gasteiger partial charge in [0, 0.05) is 33.2 Å². The van der Waals surface area contributed by atoms with Crippen LogP contribution in [0.4, 0.5) is 4.39 Å². The van der Waals surface area contributed by atoms with Gasteiger partial charge in [-0.25, -0.2) is 4.39 Å². The van der Waals surface area contributed by atoms with Crippen molar-refractivity contribution in [1.29, 1.82) is 10.7 Å². The van der Waals surface area contributed by atoms with Crippen molar-refractivity contribution in [2.45, 2.75) is 69.6 Å². The molecule has 1 aliphatic heterocycles. The fourth-order valence-electron chi connectivity index (χ4n) is 6.48. The van der Waals surface area contributed by atoms with Crippen LogP contribution in [0.5, 0.6) is 0 Å². The lowest BCUT2D eigenvalue weighted by Gasteiger charge is -2.46. The van der Waals surface area contributed by atoms with E-state index in [2.05, 4.69) is 13.0 Å². The summed E-state index contributed by atoms with van der Waals surface area (Å²) in [5.41, 5.74) is 6.25. The molecule has 3 aliphatic rings. The van der Waals surface area contributed by atoms with Gasteiger partial charge in [0.2, 0.25) is 5.91 Å². The average Bonchev–Trinajstić information content (AvgIpc) is 3.14. The highest BCUT2D eigenvalue weighted by molar-refractivity contribution is 5.99. The van der Waals surface area contributed by atoms with Gasteiger partial charge in [0.25, 0.3) is 0 Å². The molecular weight excluding hydrogens is 435 g/mol. The number of hydrogen-bond acceptors (Lipinski definition) is 5. The second-order valence-corrected chi connectivity index (χ2v) is 10.3. The van der Waals surface area contributed by atoms with E-state index in [-0.39, 0.29) is 50.0 Å². The van der Waals surface area contributed by atoms with Crippen LogP contribution in [0.3, 0.4) is 0 Å². The fraction of sp³-hybridized carbons (Fsp3) is 0.654. The number of nitrogens with two attached hydrogens (primary N) is 1. The molecule has 2 aliphatic carbocycles. The number of nitrogens with one attached hydrogen (secondary N) is 1. The van der Waals surface area contributed by atoms with Crippen molar-refractivity contribution in [3.63, 3.8) is 0 Å². The van der Waals surface area contributed by atoms with Crippen molar-refractivity contribution in [3.05, 3.63) is 34.9 Å². The van der Waals surface area contributed by atoms with Crippen LogP contribution in [-0.2, 0) is 20.7 Å². The third-order valence-electron chi connectivity index (χ3n) is 8.32. The molecule has 4 rings (SSSR count). The lowest BCUT2D eigenvalue weighted by atomic mass is 9.61. The van der Waals surface area contributed by atoms with Crippen LogP contribution < -0.4 is 5.73 Å². The van der Waals surface area contributed by atoms with Crippen LogP contribution in [0.1, 0.15) is 68.1 Å². The van der Waals surface area contributed by atoms with Crippen LogP contribution in [-0.4, -0.2) is 55.4 Å². The Morgan fingerprint density at radius 3 is 2.74 bits per heavy atom. The number of carbonyl (C=O) groups is 1. The topological polar surface area (TPSA) is 112 Å². The molecule has 4 atom stereocenters. The number of methoxy groups -OCH3 is 1. The van der Waals surface area contributed by atoms with Crippen LogP contribution >= 0.6 is 0 Å². The first kappa shape index (κ1) is 24.6. The van der Waals surface area contributed by atoms with Gasteiger partial charge in [-0.15, -0.1) is 0 Å². The van der Waals surface area contributed by atoms with Crippen LogP contribution in [0.15, 0.2) is 18.2 Å². The summed E-state index contributed by atoms with van der Waals surface area (Å²) in [7, 11) is 1.74. The molecule has 3 N–H and O–H groups in total. The maximum absolute atomic E-state index is 15.6. The lowest BCUT2D eigenvalue weighted by molar-refractivity contribution is -0.137. The second-order valence-electron chi connectivity index (χ2n) is 10.3. The van der Waals surface area contributed by atoms with Crippen molar-refractivity contribution in [1.82, 2.24) is 4.90 Å². The van der Waals surface area contributed by atoms with Gasteiger partial charge in [0.1, 0.15) is 5.67 Å². The monoisotopic (exact) mass is 470 g/mol. The van der Waals surface area contributed by atoms with Crippen molar-refractivity contribution in [3.8, 4) is 6.07 Å². The Labute approximate surface area is 200 Å². The zero-order chi connectivity index (χ0) is 24.5. The van der Waals surface area contributed by atoms with Crippen LogP contribution in [0.25, 0.3) is 0 Å². The number of halogens is 1. The van der Waals surface area contributed by atoms with E-state index in [1.54, 1.807) is 19.2 Å². The Hall–Kier alpha value is -2.50. The molecule has 2 fully saturated rings. The number of fused-ring (bicyclic) bond motifs is 1. The number of carbonyl (C=O) groups excluding carboxylic acids is 1. The molecular formula is C26H35FN4O3. The van der Waals surface area contributed by atoms with Crippen molar-refractivity contribution < 1.29 is 18.7 Å². The Balaban J connectivity index is 1.73. The van der Waals surface area contributed by atoms with Gasteiger partial charge in [0.05, 0.1) is 30.2 Å². The molecule has 1 amide bonds. The fourth-order valence-corrected chi connectivity index (χ4v) is 6.48. The summed E-state index contributed by atoms with van der Waals surface area (Å²) in [5.74, 6) is -1.05. The highest BCUT2D eigenvalue weighted by atomic mass is 19.1. The molecule has 0 unspecified atom stereocenters. The number of benzene rings is 1. The van der Waals surface area contributed by atoms with Crippen LogP contribution in [0.2, 0.25) is 0 Å². The van der Waals surface area contributed by atoms with Gasteiger partial charge in [-0.1, -0.05) is 19.4 Å². The van der Waals surface area contributed by atoms with E-state index < -0.39 is 17.5 Å². The smallest absolute Gasteiger partial charge is 0.237 e. The number of ether oxygens (including phenoxy) is 2. The van der Waals surface area contributed by atoms with Gasteiger partial charge < -0.3 is 15.2 Å². The summed E-state index contributed by atoms with van der Waals surface area (Å²) in [4.78, 5) is 15.3. The first-order valence-corrected chi connectivity index (χ1v) is 12.2. The molecule has 0 aromatic heterocycles. The summed E-state index contributed by atoms with van der Waals surface area (Å²) in [6.45, 7) is 2.47. The normalized spacial score (nSPS) is 29.9. The van der Waals surface area contributed by atoms with Crippen molar-refractivity contribution >= 4 is 11.9 Å². The molecule has 7 nitrogen and oxygen atoms in total. The molecule has 1 aromatic rings. The predicted molar refractivity (Wildman–Crippen MR) is 126 cm³/mol. The van der Waals surface area contributed by atoms with Gasteiger partial charge in [-0.05, 0) is 60.3 Å². The third kappa shape index (κ3) is 4.44. The minimum absolute atomic E-state index is 0.144. The number of guanidine groups is 1. The summed E-state index contributed by atoms with van der Waals surface area (Å²) < 4.78 is 26.7. The van der Waals surface area contributed by atoms with Crippen molar-refractivity contribution in [2.75, 3.05) is 26.9 Å². The van der Waals surface area contributed by atoms with Gasteiger partial charge in [-0.2, -0.15) is 5.26 Å². The third-order valence-corrected chi connectivity index (χ3v) is 8.32. The van der Waals surface area contributed by atoms with Gasteiger partial charge in [-0.3, -0.25) is 15.1 Å². The molecule has 1 aromatic carbocycles. The maximum Gasteiger partial charge on any atom is 0.237 e. The summed E-state index contributed by atoms with van der Waals surface area (Å²) in [6.07, 6.45) is 4.56. The van der Waals surface area contributed by atoms with E-state index in [0.717, 1.165) is 48.1 Å². The van der Waals surface area contributed by atoms with Gasteiger partial charge in [0.15, 0.2) is 5.96 Å². The van der Waals surface area contributed by atoms with E-state index in [0.29, 0.717) is 11.5 Å². The van der Waals surface area contributed by atoms with Crippen LogP contribution in [0, 0.1) is 28.1 Å².